The highest BCUT2D eigenvalue weighted by Crippen LogP contribution is 2.28. The number of morpholine rings is 1. The number of hydrazine groups is 1. The molecule has 1 amide bonds. The Bertz CT molecular complexity index is 895. The molecule has 0 saturated carbocycles. The lowest BCUT2D eigenvalue weighted by atomic mass is 10.1. The lowest BCUT2D eigenvalue weighted by Crippen LogP contribution is -2.48. The van der Waals surface area contributed by atoms with Gasteiger partial charge in [0.25, 0.3) is 5.91 Å². The number of nitrogens with one attached hydrogen (secondary N) is 1. The van der Waals surface area contributed by atoms with E-state index in [0.717, 1.165) is 41.1 Å². The second-order valence-electron chi connectivity index (χ2n) is 7.76. The van der Waals surface area contributed by atoms with Crippen LogP contribution in [0.2, 0.25) is 0 Å². The fourth-order valence-electron chi connectivity index (χ4n) is 3.72. The number of carbonyl (C=O) groups is 1. The number of hydrogen-bond acceptors (Lipinski definition) is 7. The first-order chi connectivity index (χ1) is 14.6. The standard InChI is InChI=1S/C22H29N5O2S/c1-16-17(2)23-22(24-20(16)26-8-3-4-9-26)30-15-18-6-5-7-19(14-18)21(28)25-27-10-12-29-13-11-27/h5-7,14H,3-4,8-13,15H2,1-2H3,(H,25,28). The highest BCUT2D eigenvalue weighted by Gasteiger charge is 2.19. The number of amides is 1. The predicted molar refractivity (Wildman–Crippen MR) is 119 cm³/mol. The highest BCUT2D eigenvalue weighted by molar-refractivity contribution is 7.98. The first-order valence-electron chi connectivity index (χ1n) is 10.6. The van der Waals surface area contributed by atoms with Gasteiger partial charge in [-0.05, 0) is 44.4 Å². The third-order valence-corrected chi connectivity index (χ3v) is 6.49. The van der Waals surface area contributed by atoms with E-state index in [-0.39, 0.29) is 5.91 Å². The molecule has 2 aliphatic heterocycles. The molecule has 3 heterocycles. The Morgan fingerprint density at radius 1 is 1.13 bits per heavy atom. The Morgan fingerprint density at radius 3 is 2.67 bits per heavy atom. The maximum Gasteiger partial charge on any atom is 0.265 e. The molecule has 30 heavy (non-hydrogen) atoms. The van der Waals surface area contributed by atoms with Crippen LogP contribution < -0.4 is 10.3 Å². The number of carbonyl (C=O) groups excluding carboxylic acids is 1. The van der Waals surface area contributed by atoms with E-state index >= 15 is 0 Å². The minimum absolute atomic E-state index is 0.0810. The van der Waals surface area contributed by atoms with Crippen molar-refractivity contribution in [3.8, 4) is 0 Å². The van der Waals surface area contributed by atoms with Crippen molar-refractivity contribution in [3.05, 3.63) is 46.6 Å². The van der Waals surface area contributed by atoms with E-state index in [4.69, 9.17) is 9.72 Å². The topological polar surface area (TPSA) is 70.6 Å². The number of benzene rings is 1. The molecular weight excluding hydrogens is 398 g/mol. The summed E-state index contributed by atoms with van der Waals surface area (Å²) in [4.78, 5) is 24.5. The van der Waals surface area contributed by atoms with E-state index in [1.807, 2.05) is 29.3 Å². The van der Waals surface area contributed by atoms with Crippen LogP contribution in [0.1, 0.15) is 40.0 Å². The number of aromatic nitrogens is 2. The van der Waals surface area contributed by atoms with E-state index in [1.165, 1.54) is 18.4 Å². The van der Waals surface area contributed by atoms with E-state index in [2.05, 4.69) is 29.2 Å². The molecule has 0 spiro atoms. The zero-order chi connectivity index (χ0) is 20.9. The summed E-state index contributed by atoms with van der Waals surface area (Å²) in [5, 5.41) is 2.71. The second-order valence-corrected chi connectivity index (χ2v) is 8.71. The summed E-state index contributed by atoms with van der Waals surface area (Å²) in [5.74, 6) is 1.71. The fourth-order valence-corrected chi connectivity index (χ4v) is 4.55. The molecule has 1 aromatic carbocycles. The van der Waals surface area contributed by atoms with Crippen LogP contribution in [-0.2, 0) is 10.5 Å². The van der Waals surface area contributed by atoms with Crippen LogP contribution in [0.4, 0.5) is 5.82 Å². The van der Waals surface area contributed by atoms with Crippen molar-refractivity contribution >= 4 is 23.5 Å². The SMILES string of the molecule is Cc1nc(SCc2cccc(C(=O)NN3CCOCC3)c2)nc(N2CCCC2)c1C. The quantitative estimate of drug-likeness (QED) is 0.561. The molecule has 2 aliphatic rings. The average molecular weight is 428 g/mol. The van der Waals surface area contributed by atoms with Gasteiger partial charge in [-0.15, -0.1) is 0 Å². The lowest BCUT2D eigenvalue weighted by molar-refractivity contribution is 0.0126. The minimum atomic E-state index is -0.0810. The number of aryl methyl sites for hydroxylation is 1. The monoisotopic (exact) mass is 427 g/mol. The van der Waals surface area contributed by atoms with Crippen LogP contribution >= 0.6 is 11.8 Å². The van der Waals surface area contributed by atoms with Crippen molar-refractivity contribution in [1.82, 2.24) is 20.4 Å². The third kappa shape index (κ3) is 5.11. The van der Waals surface area contributed by atoms with Crippen molar-refractivity contribution in [2.45, 2.75) is 37.6 Å². The lowest BCUT2D eigenvalue weighted by Gasteiger charge is -2.26. The largest absolute Gasteiger partial charge is 0.379 e. The Labute approximate surface area is 182 Å². The van der Waals surface area contributed by atoms with Crippen molar-refractivity contribution < 1.29 is 9.53 Å². The van der Waals surface area contributed by atoms with Crippen LogP contribution in [-0.4, -0.2) is 60.3 Å². The van der Waals surface area contributed by atoms with Crippen molar-refractivity contribution in [3.63, 3.8) is 0 Å². The first-order valence-corrected chi connectivity index (χ1v) is 11.5. The normalized spacial score (nSPS) is 17.3. The van der Waals surface area contributed by atoms with Crippen LogP contribution in [0, 0.1) is 13.8 Å². The van der Waals surface area contributed by atoms with Gasteiger partial charge < -0.3 is 9.64 Å². The Kier molecular flexibility index (Phi) is 6.86. The van der Waals surface area contributed by atoms with Crippen LogP contribution in [0.15, 0.2) is 29.4 Å². The van der Waals surface area contributed by atoms with Gasteiger partial charge in [-0.25, -0.2) is 15.0 Å². The number of rotatable bonds is 6. The average Bonchev–Trinajstić information content (AvgIpc) is 3.30. The van der Waals surface area contributed by atoms with Gasteiger partial charge >= 0.3 is 0 Å². The number of nitrogens with zero attached hydrogens (tertiary/aromatic N) is 4. The molecule has 0 unspecified atom stereocenters. The molecule has 2 saturated heterocycles. The van der Waals surface area contributed by atoms with Crippen molar-refractivity contribution in [2.24, 2.45) is 0 Å². The van der Waals surface area contributed by atoms with Gasteiger partial charge in [-0.1, -0.05) is 23.9 Å². The maximum atomic E-state index is 12.6. The molecular formula is C22H29N5O2S. The van der Waals surface area contributed by atoms with Crippen LogP contribution in [0.25, 0.3) is 0 Å². The van der Waals surface area contributed by atoms with E-state index < -0.39 is 0 Å². The molecule has 1 N–H and O–H groups in total. The van der Waals surface area contributed by atoms with Crippen LogP contribution in [0.3, 0.4) is 0 Å². The second kappa shape index (κ2) is 9.76. The van der Waals surface area contributed by atoms with Gasteiger partial charge in [-0.3, -0.25) is 10.2 Å². The summed E-state index contributed by atoms with van der Waals surface area (Å²) >= 11 is 1.62. The molecule has 2 fully saturated rings. The van der Waals surface area contributed by atoms with Gasteiger partial charge in [0.05, 0.1) is 13.2 Å². The van der Waals surface area contributed by atoms with Gasteiger partial charge in [0.15, 0.2) is 5.16 Å². The van der Waals surface area contributed by atoms with E-state index in [9.17, 15) is 4.79 Å². The molecule has 2 aromatic rings. The summed E-state index contributed by atoms with van der Waals surface area (Å²) in [6.07, 6.45) is 2.45. The summed E-state index contributed by atoms with van der Waals surface area (Å²) in [6.45, 7) is 9.02. The van der Waals surface area contributed by atoms with Gasteiger partial charge in [0.2, 0.25) is 0 Å². The number of thioether (sulfide) groups is 1. The smallest absolute Gasteiger partial charge is 0.265 e. The Balaban J connectivity index is 1.41. The summed E-state index contributed by atoms with van der Waals surface area (Å²) in [5.41, 5.74) is 6.92. The number of ether oxygens (including phenoxy) is 1. The van der Waals surface area contributed by atoms with Gasteiger partial charge in [0.1, 0.15) is 5.82 Å². The molecule has 8 heteroatoms. The summed E-state index contributed by atoms with van der Waals surface area (Å²) in [7, 11) is 0. The zero-order valence-electron chi connectivity index (χ0n) is 17.7. The molecule has 1 aromatic heterocycles. The molecule has 0 bridgehead atoms. The third-order valence-electron chi connectivity index (χ3n) is 5.58. The fraction of sp³-hybridized carbons (Fsp3) is 0.500. The van der Waals surface area contributed by atoms with E-state index in [1.54, 1.807) is 11.8 Å². The summed E-state index contributed by atoms with van der Waals surface area (Å²) < 4.78 is 5.33. The van der Waals surface area contributed by atoms with Gasteiger partial charge in [0, 0.05) is 48.8 Å². The molecule has 0 radical (unpaired) electrons. The highest BCUT2D eigenvalue weighted by atomic mass is 32.2. The molecule has 160 valence electrons. The predicted octanol–water partition coefficient (Wildman–Crippen LogP) is 2.96. The molecule has 7 nitrogen and oxygen atoms in total. The Hall–Kier alpha value is -2.16. The maximum absolute atomic E-state index is 12.6. The first kappa shape index (κ1) is 21.1. The number of anilines is 1. The van der Waals surface area contributed by atoms with Crippen molar-refractivity contribution in [2.75, 3.05) is 44.3 Å². The molecule has 0 aliphatic carbocycles. The molecule has 0 atom stereocenters. The minimum Gasteiger partial charge on any atom is -0.379 e. The Morgan fingerprint density at radius 2 is 1.90 bits per heavy atom. The molecule has 4 rings (SSSR count). The van der Waals surface area contributed by atoms with Crippen molar-refractivity contribution in [1.29, 1.82) is 0 Å². The van der Waals surface area contributed by atoms with E-state index in [0.29, 0.717) is 31.9 Å². The number of hydrogen-bond donors (Lipinski definition) is 1. The van der Waals surface area contributed by atoms with Gasteiger partial charge in [-0.2, -0.15) is 0 Å². The summed E-state index contributed by atoms with van der Waals surface area (Å²) in [6, 6.07) is 7.77. The zero-order valence-corrected chi connectivity index (χ0v) is 18.5. The van der Waals surface area contributed by atoms with Crippen LogP contribution in [0.5, 0.6) is 0 Å².